The zero-order valence-electron chi connectivity index (χ0n) is 14.7. The maximum absolute atomic E-state index is 13.2. The van der Waals surface area contributed by atoms with E-state index in [2.05, 4.69) is 25.5 Å². The Morgan fingerprint density at radius 3 is 2.45 bits per heavy atom. The Morgan fingerprint density at radius 2 is 1.69 bits per heavy atom. The normalized spacial score (nSPS) is 12.0. The molecule has 0 radical (unpaired) electrons. The lowest BCUT2D eigenvalue weighted by atomic mass is 10.1. The number of H-pyrrole nitrogens is 2. The molecular weight excluding hydrogens is 401 g/mol. The molecule has 0 aliphatic rings. The molecule has 0 atom stereocenters. The Morgan fingerprint density at radius 1 is 0.966 bits per heavy atom. The fourth-order valence-electron chi connectivity index (χ4n) is 2.75. The van der Waals surface area contributed by atoms with Crippen LogP contribution in [0.1, 0.15) is 11.1 Å². The lowest BCUT2D eigenvalue weighted by Crippen LogP contribution is -2.09. The van der Waals surface area contributed by atoms with Crippen molar-refractivity contribution in [2.75, 3.05) is 0 Å². The number of rotatable bonds is 4. The van der Waals surface area contributed by atoms with E-state index in [4.69, 9.17) is 12.2 Å². The summed E-state index contributed by atoms with van der Waals surface area (Å²) >= 11 is 5.17. The van der Waals surface area contributed by atoms with Gasteiger partial charge in [-0.15, -0.1) is 0 Å². The van der Waals surface area contributed by atoms with Crippen molar-refractivity contribution in [3.8, 4) is 22.8 Å². The topological polar surface area (TPSA) is 74.7 Å². The highest BCUT2D eigenvalue weighted by atomic mass is 32.1. The fourth-order valence-corrected chi connectivity index (χ4v) is 2.93. The number of nitrogens with zero attached hydrogens (tertiary/aromatic N) is 4. The Kier molecular flexibility index (Phi) is 4.85. The summed E-state index contributed by atoms with van der Waals surface area (Å²) in [6.07, 6.45) is -3.39. The SMILES string of the molecule is FC(F)(F)c1ccccc1C=Nn1c(-c2cc(-c3ccccc3)n[nH]2)n[nH]c1=S. The Bertz CT molecular complexity index is 1220. The van der Waals surface area contributed by atoms with Crippen molar-refractivity contribution in [1.82, 2.24) is 25.1 Å². The third-order valence-corrected chi connectivity index (χ3v) is 4.38. The first-order chi connectivity index (χ1) is 13.9. The second-order valence-electron chi connectivity index (χ2n) is 6.03. The summed E-state index contributed by atoms with van der Waals surface area (Å²) in [6.45, 7) is 0. The number of benzene rings is 2. The highest BCUT2D eigenvalue weighted by Crippen LogP contribution is 2.31. The van der Waals surface area contributed by atoms with E-state index in [1.165, 1.54) is 22.9 Å². The van der Waals surface area contributed by atoms with Gasteiger partial charge in [0.2, 0.25) is 10.6 Å². The molecule has 2 N–H and O–H groups in total. The van der Waals surface area contributed by atoms with Gasteiger partial charge in [-0.25, -0.2) is 5.10 Å². The number of aromatic nitrogens is 5. The van der Waals surface area contributed by atoms with Gasteiger partial charge in [0.1, 0.15) is 5.69 Å². The van der Waals surface area contributed by atoms with Crippen LogP contribution < -0.4 is 0 Å². The fraction of sp³-hybridized carbons (Fsp3) is 0.0526. The Balaban J connectivity index is 1.71. The van der Waals surface area contributed by atoms with Gasteiger partial charge in [0.15, 0.2) is 0 Å². The summed E-state index contributed by atoms with van der Waals surface area (Å²) in [4.78, 5) is 0. The van der Waals surface area contributed by atoms with E-state index < -0.39 is 11.7 Å². The number of halogens is 3. The van der Waals surface area contributed by atoms with E-state index in [-0.39, 0.29) is 10.3 Å². The molecular formula is C19H13F3N6S. The summed E-state index contributed by atoms with van der Waals surface area (Å²) in [5.74, 6) is 0.297. The van der Waals surface area contributed by atoms with E-state index in [1.54, 1.807) is 6.07 Å². The molecule has 0 spiro atoms. The van der Waals surface area contributed by atoms with Crippen molar-refractivity contribution in [2.45, 2.75) is 6.18 Å². The van der Waals surface area contributed by atoms with Gasteiger partial charge < -0.3 is 0 Å². The molecule has 0 saturated heterocycles. The monoisotopic (exact) mass is 414 g/mol. The molecule has 2 aromatic heterocycles. The molecule has 0 saturated carbocycles. The second-order valence-corrected chi connectivity index (χ2v) is 6.41. The molecule has 2 heterocycles. The summed E-state index contributed by atoms with van der Waals surface area (Å²) in [5.41, 5.74) is 1.24. The van der Waals surface area contributed by atoms with Gasteiger partial charge in [-0.3, -0.25) is 5.10 Å². The average Bonchev–Trinajstić information content (AvgIpc) is 3.33. The van der Waals surface area contributed by atoms with Gasteiger partial charge >= 0.3 is 6.18 Å². The van der Waals surface area contributed by atoms with Crippen LogP contribution in [0.5, 0.6) is 0 Å². The minimum atomic E-state index is -4.49. The van der Waals surface area contributed by atoms with E-state index in [1.807, 2.05) is 30.3 Å². The van der Waals surface area contributed by atoms with Gasteiger partial charge in [0.05, 0.1) is 17.5 Å². The number of alkyl halides is 3. The van der Waals surface area contributed by atoms with Crippen molar-refractivity contribution in [3.63, 3.8) is 0 Å². The van der Waals surface area contributed by atoms with Gasteiger partial charge in [0, 0.05) is 11.1 Å². The zero-order valence-corrected chi connectivity index (χ0v) is 15.5. The summed E-state index contributed by atoms with van der Waals surface area (Å²) in [7, 11) is 0. The Labute approximate surface area is 167 Å². The molecule has 0 bridgehead atoms. The largest absolute Gasteiger partial charge is 0.417 e. The molecule has 0 amide bonds. The third kappa shape index (κ3) is 3.87. The molecule has 4 aromatic rings. The smallest absolute Gasteiger partial charge is 0.274 e. The van der Waals surface area contributed by atoms with Crippen molar-refractivity contribution < 1.29 is 13.2 Å². The highest BCUT2D eigenvalue weighted by molar-refractivity contribution is 7.71. The van der Waals surface area contributed by atoms with Crippen LogP contribution in [-0.4, -0.2) is 31.3 Å². The van der Waals surface area contributed by atoms with Crippen LogP contribution >= 0.6 is 12.2 Å². The molecule has 29 heavy (non-hydrogen) atoms. The minimum absolute atomic E-state index is 0.0800. The van der Waals surface area contributed by atoms with Gasteiger partial charge in [-0.1, -0.05) is 48.5 Å². The molecule has 10 heteroatoms. The van der Waals surface area contributed by atoms with Crippen LogP contribution in [0.2, 0.25) is 0 Å². The van der Waals surface area contributed by atoms with E-state index in [9.17, 15) is 13.2 Å². The third-order valence-electron chi connectivity index (χ3n) is 4.12. The van der Waals surface area contributed by atoms with Crippen LogP contribution in [0.4, 0.5) is 13.2 Å². The van der Waals surface area contributed by atoms with E-state index in [0.29, 0.717) is 17.2 Å². The molecule has 0 aliphatic heterocycles. The second kappa shape index (κ2) is 7.47. The first-order valence-electron chi connectivity index (χ1n) is 8.42. The number of hydrogen-bond donors (Lipinski definition) is 2. The number of hydrogen-bond acceptors (Lipinski definition) is 4. The predicted octanol–water partition coefficient (Wildman–Crippen LogP) is 4.90. The molecule has 4 rings (SSSR count). The number of aromatic amines is 2. The summed E-state index contributed by atoms with van der Waals surface area (Å²) < 4.78 is 40.9. The van der Waals surface area contributed by atoms with Crippen molar-refractivity contribution in [2.24, 2.45) is 5.10 Å². The van der Waals surface area contributed by atoms with Gasteiger partial charge in [-0.05, 0) is 24.4 Å². The molecule has 0 aliphatic carbocycles. The van der Waals surface area contributed by atoms with Gasteiger partial charge in [-0.2, -0.15) is 33.1 Å². The molecule has 0 unspecified atom stereocenters. The van der Waals surface area contributed by atoms with Crippen LogP contribution in [-0.2, 0) is 6.18 Å². The average molecular weight is 414 g/mol. The zero-order chi connectivity index (χ0) is 20.4. The lowest BCUT2D eigenvalue weighted by Gasteiger charge is -2.09. The molecule has 0 fully saturated rings. The van der Waals surface area contributed by atoms with Crippen molar-refractivity contribution in [1.29, 1.82) is 0 Å². The predicted molar refractivity (Wildman–Crippen MR) is 105 cm³/mol. The molecule has 6 nitrogen and oxygen atoms in total. The minimum Gasteiger partial charge on any atom is -0.274 e. The maximum atomic E-state index is 13.2. The van der Waals surface area contributed by atoms with E-state index in [0.717, 1.165) is 17.8 Å². The summed E-state index contributed by atoms with van der Waals surface area (Å²) in [6, 6.07) is 16.4. The van der Waals surface area contributed by atoms with Crippen molar-refractivity contribution in [3.05, 3.63) is 76.6 Å². The maximum Gasteiger partial charge on any atom is 0.417 e. The van der Waals surface area contributed by atoms with E-state index >= 15 is 0 Å². The van der Waals surface area contributed by atoms with Crippen LogP contribution in [0.25, 0.3) is 22.8 Å². The summed E-state index contributed by atoms with van der Waals surface area (Å²) in [5, 5.41) is 17.9. The van der Waals surface area contributed by atoms with Crippen LogP contribution in [0.3, 0.4) is 0 Å². The Hall–Kier alpha value is -3.53. The quantitative estimate of drug-likeness (QED) is 0.369. The first-order valence-corrected chi connectivity index (χ1v) is 8.83. The first kappa shape index (κ1) is 18.8. The van der Waals surface area contributed by atoms with Crippen LogP contribution in [0, 0.1) is 4.77 Å². The molecule has 146 valence electrons. The van der Waals surface area contributed by atoms with Crippen LogP contribution in [0.15, 0.2) is 65.8 Å². The highest BCUT2D eigenvalue weighted by Gasteiger charge is 2.32. The van der Waals surface area contributed by atoms with Crippen molar-refractivity contribution >= 4 is 18.4 Å². The van der Waals surface area contributed by atoms with Gasteiger partial charge in [0.25, 0.3) is 0 Å². The molecule has 2 aromatic carbocycles. The lowest BCUT2D eigenvalue weighted by molar-refractivity contribution is -0.137. The number of nitrogens with one attached hydrogen (secondary N) is 2. The standard InChI is InChI=1S/C19H13F3N6S/c20-19(21,22)14-9-5-4-8-13(14)11-23-28-17(26-27-18(28)29)16-10-15(24-25-16)12-6-2-1-3-7-12/h1-11H,(H,24,25)(H,27,29).